The number of benzene rings is 2. The van der Waals surface area contributed by atoms with Crippen molar-refractivity contribution in [2.45, 2.75) is 32.9 Å². The van der Waals surface area contributed by atoms with Gasteiger partial charge < -0.3 is 39.9 Å². The summed E-state index contributed by atoms with van der Waals surface area (Å²) in [6.45, 7) is 8.02. The van der Waals surface area contributed by atoms with Crippen molar-refractivity contribution < 1.29 is 23.5 Å². The topological polar surface area (TPSA) is 104 Å². The summed E-state index contributed by atoms with van der Waals surface area (Å²) in [4.78, 5) is 25.0. The van der Waals surface area contributed by atoms with Crippen molar-refractivity contribution in [2.75, 3.05) is 63.5 Å². The standard InChI is InChI=1S/C18H21FN4O2.C7H15N.C3H4O2/c1-20-12-3-5-13(6-4-12)23-18-17-15(19)9-14(25-8-7-24-2)10-16(17)21-11-22-18;1-7(2)4-5-8(3)6-7;4-2-1-3-5/h3-6,9-11,18,20,23H,7-8H2,1-2H3,(H,21,22);4-6H2,1-3H3;2-3H,1H2. The zero-order valence-corrected chi connectivity index (χ0v) is 22.9. The van der Waals surface area contributed by atoms with Gasteiger partial charge in [0.25, 0.3) is 0 Å². The lowest BCUT2D eigenvalue weighted by atomic mass is 9.93. The monoisotopic (exact) mass is 529 g/mol. The molecule has 1 fully saturated rings. The summed E-state index contributed by atoms with van der Waals surface area (Å²) in [5.41, 5.74) is 3.54. The molecule has 1 unspecified atom stereocenters. The third kappa shape index (κ3) is 10.1. The van der Waals surface area contributed by atoms with E-state index in [9.17, 15) is 14.0 Å². The second kappa shape index (κ2) is 15.7. The number of hydrogen-bond donors (Lipinski definition) is 3. The Morgan fingerprint density at radius 1 is 1.16 bits per heavy atom. The van der Waals surface area contributed by atoms with Crippen LogP contribution in [0.1, 0.15) is 38.4 Å². The molecule has 2 heterocycles. The molecule has 2 aromatic rings. The molecule has 1 atom stereocenters. The fourth-order valence-corrected chi connectivity index (χ4v) is 3.99. The molecule has 0 saturated carbocycles. The Balaban J connectivity index is 0.000000320. The Hall–Kier alpha value is -3.50. The van der Waals surface area contributed by atoms with Crippen molar-refractivity contribution >= 4 is 36.0 Å². The van der Waals surface area contributed by atoms with Gasteiger partial charge in [0.15, 0.2) is 6.17 Å². The SMILES string of the molecule is CN1CCC(C)(C)C1.CNc1ccc(NC2N=CNc3cc(OCCOC)cc(F)c32)cc1.O=CCC=O. The number of methoxy groups -OCH3 is 1. The van der Waals surface area contributed by atoms with Crippen LogP contribution in [0.5, 0.6) is 5.75 Å². The maximum Gasteiger partial charge on any atom is 0.151 e. The largest absolute Gasteiger partial charge is 0.491 e. The number of carbonyl (C=O) groups excluding carboxylic acids is 2. The highest BCUT2D eigenvalue weighted by atomic mass is 19.1. The molecule has 208 valence electrons. The molecule has 2 aliphatic rings. The molecule has 10 heteroatoms. The summed E-state index contributed by atoms with van der Waals surface area (Å²) in [5, 5.41) is 9.27. The first kappa shape index (κ1) is 30.7. The van der Waals surface area contributed by atoms with Crippen molar-refractivity contribution in [1.82, 2.24) is 4.90 Å². The predicted octanol–water partition coefficient (Wildman–Crippen LogP) is 4.58. The van der Waals surface area contributed by atoms with Crippen LogP contribution < -0.4 is 20.7 Å². The quantitative estimate of drug-likeness (QED) is 0.246. The molecule has 4 rings (SSSR count). The minimum absolute atomic E-state index is 0.0278. The molecule has 1 saturated heterocycles. The molecule has 0 spiro atoms. The molecular weight excluding hydrogens is 489 g/mol. The lowest BCUT2D eigenvalue weighted by Crippen LogP contribution is -2.19. The average molecular weight is 530 g/mol. The van der Waals surface area contributed by atoms with Crippen LogP contribution in [-0.2, 0) is 14.3 Å². The molecule has 2 aliphatic heterocycles. The first-order chi connectivity index (χ1) is 18.2. The van der Waals surface area contributed by atoms with Gasteiger partial charge in [-0.05, 0) is 49.7 Å². The number of fused-ring (bicyclic) bond motifs is 1. The van der Waals surface area contributed by atoms with E-state index < -0.39 is 6.17 Å². The van der Waals surface area contributed by atoms with E-state index in [0.717, 1.165) is 11.4 Å². The first-order valence-electron chi connectivity index (χ1n) is 12.6. The summed E-state index contributed by atoms with van der Waals surface area (Å²) >= 11 is 0. The number of ether oxygens (including phenoxy) is 2. The smallest absolute Gasteiger partial charge is 0.151 e. The number of rotatable bonds is 9. The molecule has 38 heavy (non-hydrogen) atoms. The lowest BCUT2D eigenvalue weighted by Gasteiger charge is -2.24. The van der Waals surface area contributed by atoms with Gasteiger partial charge in [-0.1, -0.05) is 13.8 Å². The molecule has 2 aromatic carbocycles. The van der Waals surface area contributed by atoms with Gasteiger partial charge >= 0.3 is 0 Å². The van der Waals surface area contributed by atoms with Crippen LogP contribution in [-0.4, -0.2) is 71.3 Å². The van der Waals surface area contributed by atoms with Crippen LogP contribution in [0.25, 0.3) is 0 Å². The van der Waals surface area contributed by atoms with E-state index in [1.165, 1.54) is 25.6 Å². The van der Waals surface area contributed by atoms with E-state index in [-0.39, 0.29) is 12.2 Å². The Morgan fingerprint density at radius 2 is 1.84 bits per heavy atom. The van der Waals surface area contributed by atoms with Gasteiger partial charge in [-0.25, -0.2) is 9.38 Å². The fourth-order valence-electron chi connectivity index (χ4n) is 3.99. The van der Waals surface area contributed by atoms with Gasteiger partial charge in [-0.2, -0.15) is 0 Å². The zero-order chi connectivity index (χ0) is 28.0. The number of nitrogens with one attached hydrogen (secondary N) is 3. The van der Waals surface area contributed by atoms with E-state index in [1.807, 2.05) is 31.3 Å². The highest BCUT2D eigenvalue weighted by molar-refractivity contribution is 5.82. The van der Waals surface area contributed by atoms with Gasteiger partial charge in [0.2, 0.25) is 0 Å². The Bertz CT molecular complexity index is 1040. The van der Waals surface area contributed by atoms with Crippen LogP contribution in [0.15, 0.2) is 41.4 Å². The van der Waals surface area contributed by atoms with Crippen LogP contribution in [0.3, 0.4) is 0 Å². The van der Waals surface area contributed by atoms with E-state index in [2.05, 4.69) is 46.7 Å². The highest BCUT2D eigenvalue weighted by Gasteiger charge is 2.26. The molecule has 3 N–H and O–H groups in total. The van der Waals surface area contributed by atoms with Crippen LogP contribution in [0, 0.1) is 11.2 Å². The van der Waals surface area contributed by atoms with Crippen molar-refractivity contribution in [3.8, 4) is 5.75 Å². The summed E-state index contributed by atoms with van der Waals surface area (Å²) in [6.07, 6.45) is 3.56. The maximum absolute atomic E-state index is 14.6. The first-order valence-corrected chi connectivity index (χ1v) is 12.6. The fraction of sp³-hybridized carbons (Fsp3) is 0.464. The number of nitrogens with zero attached hydrogens (tertiary/aromatic N) is 2. The van der Waals surface area contributed by atoms with Gasteiger partial charge in [0, 0.05) is 44.2 Å². The molecule has 0 aromatic heterocycles. The second-order valence-electron chi connectivity index (χ2n) is 9.73. The minimum atomic E-state index is -0.510. The second-order valence-corrected chi connectivity index (χ2v) is 9.73. The van der Waals surface area contributed by atoms with Gasteiger partial charge in [-0.15, -0.1) is 0 Å². The van der Waals surface area contributed by atoms with E-state index in [1.54, 1.807) is 19.5 Å². The van der Waals surface area contributed by atoms with Crippen LogP contribution >= 0.6 is 0 Å². The number of aliphatic imine (C=N–C) groups is 1. The van der Waals surface area contributed by atoms with Crippen LogP contribution in [0.4, 0.5) is 21.5 Å². The Morgan fingerprint density at radius 3 is 2.34 bits per heavy atom. The normalized spacial score (nSPS) is 16.9. The summed E-state index contributed by atoms with van der Waals surface area (Å²) in [5.74, 6) is 0.0758. The summed E-state index contributed by atoms with van der Waals surface area (Å²) in [6, 6.07) is 10.9. The third-order valence-electron chi connectivity index (χ3n) is 5.91. The molecular formula is C28H40FN5O4. The van der Waals surface area contributed by atoms with Crippen molar-refractivity contribution in [2.24, 2.45) is 10.4 Å². The van der Waals surface area contributed by atoms with Gasteiger partial charge in [0.05, 0.1) is 30.6 Å². The van der Waals surface area contributed by atoms with Crippen molar-refractivity contribution in [3.63, 3.8) is 0 Å². The molecule has 0 aliphatic carbocycles. The van der Waals surface area contributed by atoms with Crippen molar-refractivity contribution in [1.29, 1.82) is 0 Å². The molecule has 0 bridgehead atoms. The third-order valence-corrected chi connectivity index (χ3v) is 5.91. The van der Waals surface area contributed by atoms with E-state index in [0.29, 0.717) is 48.2 Å². The van der Waals surface area contributed by atoms with E-state index >= 15 is 0 Å². The Labute approximate surface area is 224 Å². The summed E-state index contributed by atoms with van der Waals surface area (Å²) < 4.78 is 25.1. The number of likely N-dealkylation sites (tertiary alicyclic amines) is 1. The Kier molecular flexibility index (Phi) is 12.7. The number of hydrogen-bond acceptors (Lipinski definition) is 9. The van der Waals surface area contributed by atoms with Gasteiger partial charge in [0.1, 0.15) is 30.7 Å². The maximum atomic E-state index is 14.6. The van der Waals surface area contributed by atoms with Crippen LogP contribution in [0.2, 0.25) is 0 Å². The molecule has 0 amide bonds. The average Bonchev–Trinajstić information content (AvgIpc) is 3.22. The molecule has 0 radical (unpaired) electrons. The summed E-state index contributed by atoms with van der Waals surface area (Å²) in [7, 11) is 5.64. The van der Waals surface area contributed by atoms with E-state index in [4.69, 9.17) is 9.47 Å². The highest BCUT2D eigenvalue weighted by Crippen LogP contribution is 2.35. The number of aldehydes is 2. The van der Waals surface area contributed by atoms with Gasteiger partial charge in [-0.3, -0.25) is 0 Å². The van der Waals surface area contributed by atoms with Crippen molar-refractivity contribution in [3.05, 3.63) is 47.8 Å². The number of carbonyl (C=O) groups is 2. The predicted molar refractivity (Wildman–Crippen MR) is 151 cm³/mol. The number of anilines is 3. The molecule has 9 nitrogen and oxygen atoms in total. The lowest BCUT2D eigenvalue weighted by molar-refractivity contribution is -0.114. The zero-order valence-electron chi connectivity index (χ0n) is 22.9. The number of halogens is 1. The minimum Gasteiger partial charge on any atom is -0.491 e.